The molecule has 140 valence electrons. The van der Waals surface area contributed by atoms with Gasteiger partial charge in [-0.1, -0.05) is 18.2 Å². The lowest BCUT2D eigenvalue weighted by Gasteiger charge is -2.18. The van der Waals surface area contributed by atoms with Gasteiger partial charge >= 0.3 is 5.97 Å². The number of carbonyl (C=O) groups is 1. The Balaban J connectivity index is 1.96. The van der Waals surface area contributed by atoms with Crippen molar-refractivity contribution in [1.29, 1.82) is 0 Å². The van der Waals surface area contributed by atoms with Gasteiger partial charge in [0, 0.05) is 30.9 Å². The molecular weight excluding hydrogens is 352 g/mol. The van der Waals surface area contributed by atoms with Crippen LogP contribution in [0.1, 0.15) is 35.4 Å². The number of sulfonamides is 1. The van der Waals surface area contributed by atoms with Gasteiger partial charge in [-0.3, -0.25) is 4.79 Å². The SMILES string of the molecule is Cc1cc(Cc2ccccc2S(=O)(=O)N2CCCC2)c(C)n1CC(=O)O. The van der Waals surface area contributed by atoms with Crippen molar-refractivity contribution in [3.05, 3.63) is 52.8 Å². The van der Waals surface area contributed by atoms with Crippen LogP contribution in [-0.4, -0.2) is 41.5 Å². The predicted octanol–water partition coefficient (Wildman–Crippen LogP) is 2.56. The molecule has 1 aromatic heterocycles. The zero-order chi connectivity index (χ0) is 18.9. The van der Waals surface area contributed by atoms with Crippen LogP contribution in [-0.2, 0) is 27.8 Å². The first kappa shape index (κ1) is 18.7. The van der Waals surface area contributed by atoms with Gasteiger partial charge in [0.2, 0.25) is 10.0 Å². The molecule has 1 aromatic carbocycles. The van der Waals surface area contributed by atoms with Crippen molar-refractivity contribution in [2.45, 2.75) is 44.6 Å². The standard InChI is InChI=1S/C19H24N2O4S/c1-14-11-17(15(2)21(14)13-19(22)23)12-16-7-3-4-8-18(16)26(24,25)20-9-5-6-10-20/h3-4,7-8,11H,5-6,9-10,12-13H2,1-2H3,(H,22,23). The molecule has 0 bridgehead atoms. The number of rotatable bonds is 6. The average Bonchev–Trinajstić information content (AvgIpc) is 3.21. The molecule has 1 aliphatic heterocycles. The lowest BCUT2D eigenvalue weighted by atomic mass is 10.1. The second-order valence-corrected chi connectivity index (χ2v) is 8.68. The van der Waals surface area contributed by atoms with E-state index in [1.54, 1.807) is 21.0 Å². The third kappa shape index (κ3) is 3.54. The molecule has 0 amide bonds. The Labute approximate surface area is 154 Å². The monoisotopic (exact) mass is 376 g/mol. The van der Waals surface area contributed by atoms with E-state index in [-0.39, 0.29) is 6.54 Å². The number of aliphatic carboxylic acids is 1. The molecule has 1 N–H and O–H groups in total. The van der Waals surface area contributed by atoms with E-state index in [9.17, 15) is 13.2 Å². The van der Waals surface area contributed by atoms with Crippen molar-refractivity contribution in [2.24, 2.45) is 0 Å². The molecule has 0 unspecified atom stereocenters. The number of hydrogen-bond donors (Lipinski definition) is 1. The first-order valence-corrected chi connectivity index (χ1v) is 10.2. The second-order valence-electron chi connectivity index (χ2n) is 6.77. The van der Waals surface area contributed by atoms with E-state index in [0.29, 0.717) is 24.4 Å². The molecule has 2 heterocycles. The predicted molar refractivity (Wildman–Crippen MR) is 98.8 cm³/mol. The molecule has 1 saturated heterocycles. The van der Waals surface area contributed by atoms with E-state index < -0.39 is 16.0 Å². The van der Waals surface area contributed by atoms with Crippen LogP contribution >= 0.6 is 0 Å². The second kappa shape index (κ2) is 7.25. The quantitative estimate of drug-likeness (QED) is 0.840. The minimum atomic E-state index is -3.49. The van der Waals surface area contributed by atoms with Crippen molar-refractivity contribution in [3.63, 3.8) is 0 Å². The van der Waals surface area contributed by atoms with Crippen molar-refractivity contribution in [3.8, 4) is 0 Å². The van der Waals surface area contributed by atoms with Crippen molar-refractivity contribution >= 4 is 16.0 Å². The van der Waals surface area contributed by atoms with Gasteiger partial charge in [0.1, 0.15) is 6.54 Å². The van der Waals surface area contributed by atoms with Gasteiger partial charge in [-0.25, -0.2) is 8.42 Å². The summed E-state index contributed by atoms with van der Waals surface area (Å²) in [6.07, 6.45) is 2.26. The summed E-state index contributed by atoms with van der Waals surface area (Å²) in [5.74, 6) is -0.893. The number of aryl methyl sites for hydroxylation is 1. The number of benzene rings is 1. The van der Waals surface area contributed by atoms with Crippen LogP contribution in [0.2, 0.25) is 0 Å². The molecule has 1 fully saturated rings. The van der Waals surface area contributed by atoms with Crippen LogP contribution < -0.4 is 0 Å². The Bertz CT molecular complexity index is 925. The van der Waals surface area contributed by atoms with Crippen LogP contribution in [0, 0.1) is 13.8 Å². The van der Waals surface area contributed by atoms with E-state index in [1.165, 1.54) is 0 Å². The highest BCUT2D eigenvalue weighted by atomic mass is 32.2. The number of nitrogens with zero attached hydrogens (tertiary/aromatic N) is 2. The first-order valence-electron chi connectivity index (χ1n) is 8.76. The van der Waals surface area contributed by atoms with Gasteiger partial charge in [0.05, 0.1) is 4.90 Å². The highest BCUT2D eigenvalue weighted by molar-refractivity contribution is 7.89. The molecule has 0 saturated carbocycles. The van der Waals surface area contributed by atoms with Crippen molar-refractivity contribution in [2.75, 3.05) is 13.1 Å². The van der Waals surface area contributed by atoms with Gasteiger partial charge in [-0.05, 0) is 49.9 Å². The first-order chi connectivity index (χ1) is 12.3. The van der Waals surface area contributed by atoms with Gasteiger partial charge in [-0.15, -0.1) is 0 Å². The highest BCUT2D eigenvalue weighted by Gasteiger charge is 2.29. The summed E-state index contributed by atoms with van der Waals surface area (Å²) in [5, 5.41) is 9.08. The van der Waals surface area contributed by atoms with Crippen molar-refractivity contribution < 1.29 is 18.3 Å². The maximum Gasteiger partial charge on any atom is 0.323 e. The van der Waals surface area contributed by atoms with Crippen LogP contribution in [0.15, 0.2) is 35.2 Å². The summed E-state index contributed by atoms with van der Waals surface area (Å²) in [6, 6.07) is 9.04. The summed E-state index contributed by atoms with van der Waals surface area (Å²) in [5.41, 5.74) is 3.42. The normalized spacial score (nSPS) is 15.5. The number of hydrogen-bond acceptors (Lipinski definition) is 3. The number of carboxylic acids is 1. The molecule has 26 heavy (non-hydrogen) atoms. The maximum absolute atomic E-state index is 13.0. The Morgan fingerprint density at radius 1 is 1.12 bits per heavy atom. The third-order valence-corrected chi connectivity index (χ3v) is 7.01. The molecule has 0 spiro atoms. The Morgan fingerprint density at radius 3 is 2.42 bits per heavy atom. The summed E-state index contributed by atoms with van der Waals surface area (Å²) in [4.78, 5) is 11.4. The van der Waals surface area contributed by atoms with Gasteiger partial charge in [-0.2, -0.15) is 4.31 Å². The van der Waals surface area contributed by atoms with E-state index in [2.05, 4.69) is 0 Å². The molecule has 6 nitrogen and oxygen atoms in total. The third-order valence-electron chi connectivity index (χ3n) is 5.01. The molecule has 0 aliphatic carbocycles. The fraction of sp³-hybridized carbons (Fsp3) is 0.421. The number of carboxylic acid groups (broad SMARTS) is 1. The smallest absolute Gasteiger partial charge is 0.323 e. The fourth-order valence-corrected chi connectivity index (χ4v) is 5.34. The minimum absolute atomic E-state index is 0.0919. The zero-order valence-electron chi connectivity index (χ0n) is 15.1. The van der Waals surface area contributed by atoms with Gasteiger partial charge in [0.25, 0.3) is 0 Å². The maximum atomic E-state index is 13.0. The molecule has 0 radical (unpaired) electrons. The summed E-state index contributed by atoms with van der Waals surface area (Å²) in [6.45, 7) is 4.80. The van der Waals surface area contributed by atoms with E-state index in [0.717, 1.165) is 35.4 Å². The van der Waals surface area contributed by atoms with Crippen LogP contribution in [0.25, 0.3) is 0 Å². The van der Waals surface area contributed by atoms with Crippen LogP contribution in [0.4, 0.5) is 0 Å². The van der Waals surface area contributed by atoms with E-state index in [1.807, 2.05) is 32.0 Å². The Morgan fingerprint density at radius 2 is 1.77 bits per heavy atom. The fourth-order valence-electron chi connectivity index (χ4n) is 3.60. The van der Waals surface area contributed by atoms with Crippen LogP contribution in [0.5, 0.6) is 0 Å². The highest BCUT2D eigenvalue weighted by Crippen LogP contribution is 2.27. The summed E-state index contributed by atoms with van der Waals surface area (Å²) in [7, 11) is -3.49. The molecule has 3 rings (SSSR count). The molecular formula is C19H24N2O4S. The topological polar surface area (TPSA) is 79.6 Å². The Hall–Kier alpha value is -2.12. The van der Waals surface area contributed by atoms with Crippen molar-refractivity contribution in [1.82, 2.24) is 8.87 Å². The van der Waals surface area contributed by atoms with E-state index >= 15 is 0 Å². The summed E-state index contributed by atoms with van der Waals surface area (Å²) < 4.78 is 29.3. The van der Waals surface area contributed by atoms with Gasteiger partial charge in [0.15, 0.2) is 0 Å². The largest absolute Gasteiger partial charge is 0.480 e. The minimum Gasteiger partial charge on any atom is -0.480 e. The number of aromatic nitrogens is 1. The van der Waals surface area contributed by atoms with Crippen LogP contribution in [0.3, 0.4) is 0 Å². The van der Waals surface area contributed by atoms with E-state index in [4.69, 9.17) is 5.11 Å². The molecule has 1 aliphatic rings. The lowest BCUT2D eigenvalue weighted by Crippen LogP contribution is -2.28. The molecule has 7 heteroatoms. The molecule has 0 atom stereocenters. The molecule has 2 aromatic rings. The lowest BCUT2D eigenvalue weighted by molar-refractivity contribution is -0.137. The Kier molecular flexibility index (Phi) is 5.20. The zero-order valence-corrected chi connectivity index (χ0v) is 15.9. The van der Waals surface area contributed by atoms with Gasteiger partial charge < -0.3 is 9.67 Å². The summed E-state index contributed by atoms with van der Waals surface area (Å²) >= 11 is 0. The average molecular weight is 376 g/mol.